The number of nitrogens with one attached hydrogen (secondary N) is 1. The van der Waals surface area contributed by atoms with Crippen LogP contribution < -0.4 is 19.7 Å². The quantitative estimate of drug-likeness (QED) is 0.720. The molecule has 1 N–H and O–H groups in total. The van der Waals surface area contributed by atoms with Crippen LogP contribution in [0.4, 0.5) is 5.69 Å². The minimum absolute atomic E-state index is 0.324. The van der Waals surface area contributed by atoms with Gasteiger partial charge in [-0.25, -0.2) is 4.68 Å². The molecule has 6 heteroatoms. The van der Waals surface area contributed by atoms with Crippen LogP contribution in [0.1, 0.15) is 24.1 Å². The summed E-state index contributed by atoms with van der Waals surface area (Å²) >= 11 is 0. The smallest absolute Gasteiger partial charge is 0.231 e. The zero-order valence-corrected chi connectivity index (χ0v) is 16.7. The van der Waals surface area contributed by atoms with Crippen LogP contribution in [-0.4, -0.2) is 35.7 Å². The number of benzene rings is 2. The molecule has 6 nitrogen and oxygen atoms in total. The summed E-state index contributed by atoms with van der Waals surface area (Å²) in [5, 5.41) is 8.40. The normalized spacial score (nSPS) is 16.4. The van der Waals surface area contributed by atoms with Gasteiger partial charge in [0.25, 0.3) is 0 Å². The van der Waals surface area contributed by atoms with Crippen LogP contribution >= 0.6 is 0 Å². The molecular formula is C23H26N4O2. The third-order valence-corrected chi connectivity index (χ3v) is 5.82. The lowest BCUT2D eigenvalue weighted by atomic mass is 10.0. The largest absolute Gasteiger partial charge is 0.454 e. The molecule has 3 heterocycles. The van der Waals surface area contributed by atoms with Crippen molar-refractivity contribution in [3.05, 3.63) is 66.0 Å². The Hall–Kier alpha value is -2.99. The van der Waals surface area contributed by atoms with Gasteiger partial charge >= 0.3 is 0 Å². The van der Waals surface area contributed by atoms with Crippen LogP contribution in [0, 0.1) is 6.92 Å². The van der Waals surface area contributed by atoms with E-state index in [-0.39, 0.29) is 0 Å². The Kier molecular flexibility index (Phi) is 4.86. The van der Waals surface area contributed by atoms with Crippen LogP contribution in [0.25, 0.3) is 5.69 Å². The fraction of sp³-hybridized carbons (Fsp3) is 0.348. The summed E-state index contributed by atoms with van der Waals surface area (Å²) in [6.07, 6.45) is 4.39. The number of anilines is 1. The number of aromatic nitrogens is 2. The Bertz CT molecular complexity index is 978. The van der Waals surface area contributed by atoms with E-state index in [1.54, 1.807) is 0 Å². The summed E-state index contributed by atoms with van der Waals surface area (Å²) in [5.74, 6) is 1.70. The third-order valence-electron chi connectivity index (χ3n) is 5.82. The lowest BCUT2D eigenvalue weighted by molar-refractivity contribution is 0.174. The second-order valence-corrected chi connectivity index (χ2v) is 7.70. The molecule has 0 unspecified atom stereocenters. The highest BCUT2D eigenvalue weighted by Crippen LogP contribution is 2.36. The summed E-state index contributed by atoms with van der Waals surface area (Å²) in [5.41, 5.74) is 4.65. The first kappa shape index (κ1) is 18.1. The molecule has 1 saturated heterocycles. The molecule has 29 heavy (non-hydrogen) atoms. The molecule has 0 bridgehead atoms. The van der Waals surface area contributed by atoms with E-state index in [4.69, 9.17) is 9.47 Å². The molecule has 0 radical (unpaired) electrons. The predicted molar refractivity (Wildman–Crippen MR) is 113 cm³/mol. The van der Waals surface area contributed by atoms with Gasteiger partial charge in [0.05, 0.1) is 11.4 Å². The molecule has 2 aliphatic rings. The summed E-state index contributed by atoms with van der Waals surface area (Å²) in [4.78, 5) is 2.43. The molecule has 0 atom stereocenters. The molecule has 0 amide bonds. The third kappa shape index (κ3) is 3.80. The van der Waals surface area contributed by atoms with Gasteiger partial charge in [0.1, 0.15) is 0 Å². The van der Waals surface area contributed by atoms with E-state index in [2.05, 4.69) is 52.7 Å². The molecule has 5 rings (SSSR count). The average Bonchev–Trinajstić information content (AvgIpc) is 3.39. The van der Waals surface area contributed by atoms with Gasteiger partial charge in [0.2, 0.25) is 6.79 Å². The van der Waals surface area contributed by atoms with Gasteiger partial charge in [-0.05, 0) is 44.0 Å². The van der Waals surface area contributed by atoms with E-state index in [9.17, 15) is 0 Å². The summed E-state index contributed by atoms with van der Waals surface area (Å²) < 4.78 is 12.9. The second-order valence-electron chi connectivity index (χ2n) is 7.70. The van der Waals surface area contributed by atoms with Gasteiger partial charge in [0, 0.05) is 49.2 Å². The van der Waals surface area contributed by atoms with Crippen LogP contribution in [0.15, 0.2) is 54.7 Å². The molecule has 0 spiro atoms. The number of ether oxygens (including phenoxy) is 2. The minimum atomic E-state index is 0.324. The van der Waals surface area contributed by atoms with Gasteiger partial charge in [-0.15, -0.1) is 0 Å². The Morgan fingerprint density at radius 2 is 1.79 bits per heavy atom. The van der Waals surface area contributed by atoms with Gasteiger partial charge in [-0.1, -0.05) is 18.2 Å². The highest BCUT2D eigenvalue weighted by atomic mass is 16.7. The Morgan fingerprint density at radius 3 is 2.62 bits per heavy atom. The number of hydrogen-bond donors (Lipinski definition) is 1. The van der Waals surface area contributed by atoms with Crippen molar-refractivity contribution in [2.45, 2.75) is 32.4 Å². The van der Waals surface area contributed by atoms with Crippen molar-refractivity contribution in [1.82, 2.24) is 15.1 Å². The number of para-hydroxylation sites is 1. The summed E-state index contributed by atoms with van der Waals surface area (Å²) in [6.45, 7) is 5.34. The first-order valence-electron chi connectivity index (χ1n) is 10.2. The molecule has 150 valence electrons. The lowest BCUT2D eigenvalue weighted by Crippen LogP contribution is -2.42. The van der Waals surface area contributed by atoms with E-state index in [1.165, 1.54) is 11.3 Å². The van der Waals surface area contributed by atoms with Crippen molar-refractivity contribution in [2.24, 2.45) is 0 Å². The molecule has 3 aromatic rings. The molecule has 2 aromatic carbocycles. The molecule has 1 fully saturated rings. The molecule has 1 aromatic heterocycles. The van der Waals surface area contributed by atoms with E-state index >= 15 is 0 Å². The van der Waals surface area contributed by atoms with Crippen LogP contribution in [0.3, 0.4) is 0 Å². The number of hydrogen-bond acceptors (Lipinski definition) is 5. The fourth-order valence-electron chi connectivity index (χ4n) is 4.06. The van der Waals surface area contributed by atoms with Gasteiger partial charge in [-0.2, -0.15) is 5.10 Å². The summed E-state index contributed by atoms with van der Waals surface area (Å²) in [7, 11) is 0. The molecular weight excluding hydrogens is 364 g/mol. The van der Waals surface area contributed by atoms with Crippen LogP contribution in [0.2, 0.25) is 0 Å². The van der Waals surface area contributed by atoms with Crippen molar-refractivity contribution < 1.29 is 9.47 Å². The molecule has 2 aliphatic heterocycles. The van der Waals surface area contributed by atoms with E-state index in [0.29, 0.717) is 12.8 Å². The number of rotatable bonds is 5. The number of fused-ring (bicyclic) bond motifs is 1. The van der Waals surface area contributed by atoms with Crippen molar-refractivity contribution in [3.63, 3.8) is 0 Å². The van der Waals surface area contributed by atoms with Crippen LogP contribution in [-0.2, 0) is 6.54 Å². The zero-order valence-electron chi connectivity index (χ0n) is 16.7. The van der Waals surface area contributed by atoms with E-state index in [1.807, 2.05) is 28.9 Å². The Balaban J connectivity index is 1.16. The van der Waals surface area contributed by atoms with Crippen LogP contribution in [0.5, 0.6) is 11.5 Å². The first-order valence-corrected chi connectivity index (χ1v) is 10.2. The maximum absolute atomic E-state index is 5.51. The monoisotopic (exact) mass is 390 g/mol. The topological polar surface area (TPSA) is 51.6 Å². The Morgan fingerprint density at radius 1 is 1.00 bits per heavy atom. The molecule has 0 saturated carbocycles. The summed E-state index contributed by atoms with van der Waals surface area (Å²) in [6, 6.07) is 17.0. The highest BCUT2D eigenvalue weighted by Gasteiger charge is 2.22. The second kappa shape index (κ2) is 7.79. The van der Waals surface area contributed by atoms with Crippen molar-refractivity contribution in [1.29, 1.82) is 0 Å². The predicted octanol–water partition coefficient (Wildman–Crippen LogP) is 3.67. The number of piperidine rings is 1. The number of nitrogens with zero attached hydrogens (tertiary/aromatic N) is 3. The SMILES string of the molecule is Cc1nn(-c2ccccc2)cc1CNC1CCN(c2ccc3c(c2)OCO3)CC1. The van der Waals surface area contributed by atoms with Crippen molar-refractivity contribution in [3.8, 4) is 17.2 Å². The van der Waals surface area contributed by atoms with Gasteiger partial charge in [0.15, 0.2) is 11.5 Å². The number of aryl methyl sites for hydroxylation is 1. The molecule has 0 aliphatic carbocycles. The first-order chi connectivity index (χ1) is 14.3. The van der Waals surface area contributed by atoms with Gasteiger partial charge in [-0.3, -0.25) is 0 Å². The fourth-order valence-corrected chi connectivity index (χ4v) is 4.06. The standard InChI is InChI=1S/C23H26N4O2/c1-17-18(15-27(25-17)20-5-3-2-4-6-20)14-24-19-9-11-26(12-10-19)21-7-8-22-23(13-21)29-16-28-22/h2-8,13,15,19,24H,9-12,14,16H2,1H3. The minimum Gasteiger partial charge on any atom is -0.454 e. The van der Waals surface area contributed by atoms with E-state index < -0.39 is 0 Å². The van der Waals surface area contributed by atoms with Gasteiger partial charge < -0.3 is 19.7 Å². The average molecular weight is 390 g/mol. The highest BCUT2D eigenvalue weighted by molar-refractivity contribution is 5.57. The van der Waals surface area contributed by atoms with Crippen molar-refractivity contribution >= 4 is 5.69 Å². The maximum Gasteiger partial charge on any atom is 0.231 e. The maximum atomic E-state index is 5.51. The Labute approximate surface area is 171 Å². The van der Waals surface area contributed by atoms with E-state index in [0.717, 1.165) is 55.4 Å². The lowest BCUT2D eigenvalue weighted by Gasteiger charge is -2.34. The van der Waals surface area contributed by atoms with Crippen molar-refractivity contribution in [2.75, 3.05) is 24.8 Å². The zero-order chi connectivity index (χ0) is 19.6.